The lowest BCUT2D eigenvalue weighted by atomic mass is 10.1. The Balaban J connectivity index is 2.52. The van der Waals surface area contributed by atoms with Crippen LogP contribution in [0.2, 0.25) is 0 Å². The number of benzene rings is 1. The van der Waals surface area contributed by atoms with Gasteiger partial charge in [0.15, 0.2) is 0 Å². The van der Waals surface area contributed by atoms with E-state index in [9.17, 15) is 9.18 Å². The van der Waals surface area contributed by atoms with Gasteiger partial charge in [-0.15, -0.1) is 0 Å². The largest absolute Gasteiger partial charge is 0.324 e. The molecule has 21 heavy (non-hydrogen) atoms. The summed E-state index contributed by atoms with van der Waals surface area (Å²) in [5.41, 5.74) is 7.67. The third-order valence-corrected chi connectivity index (χ3v) is 3.36. The van der Waals surface area contributed by atoms with Crippen LogP contribution >= 0.6 is 0 Å². The van der Waals surface area contributed by atoms with Crippen LogP contribution in [0.5, 0.6) is 0 Å². The standard InChI is InChI=1S/C16H20FN3O/c1-3-4-9-20-16(21)14(11(2)18)10-15(19-20)12-5-7-13(17)8-6-12/h5-8,10-11H,3-4,9,18H2,1-2H3. The van der Waals surface area contributed by atoms with E-state index < -0.39 is 0 Å². The zero-order valence-corrected chi connectivity index (χ0v) is 12.3. The molecule has 1 atom stereocenters. The van der Waals surface area contributed by atoms with Crippen molar-refractivity contribution in [3.05, 3.63) is 52.1 Å². The Hall–Kier alpha value is -2.01. The molecule has 2 aromatic rings. The molecule has 1 aromatic heterocycles. The van der Waals surface area contributed by atoms with Crippen LogP contribution in [-0.4, -0.2) is 9.78 Å². The van der Waals surface area contributed by atoms with E-state index in [1.165, 1.54) is 16.8 Å². The highest BCUT2D eigenvalue weighted by molar-refractivity contribution is 5.59. The molecule has 0 aliphatic rings. The molecule has 0 aliphatic heterocycles. The summed E-state index contributed by atoms with van der Waals surface area (Å²) in [5.74, 6) is -0.300. The number of hydrogen-bond acceptors (Lipinski definition) is 3. The quantitative estimate of drug-likeness (QED) is 0.920. The van der Waals surface area contributed by atoms with Crippen molar-refractivity contribution in [1.82, 2.24) is 9.78 Å². The first kappa shape index (κ1) is 15.4. The summed E-state index contributed by atoms with van der Waals surface area (Å²) >= 11 is 0. The van der Waals surface area contributed by atoms with Gasteiger partial charge >= 0.3 is 0 Å². The first-order valence-corrected chi connectivity index (χ1v) is 7.16. The van der Waals surface area contributed by atoms with E-state index >= 15 is 0 Å². The second-order valence-corrected chi connectivity index (χ2v) is 5.16. The van der Waals surface area contributed by atoms with Crippen molar-refractivity contribution in [3.63, 3.8) is 0 Å². The molecule has 0 saturated heterocycles. The molecule has 0 aliphatic carbocycles. The Morgan fingerprint density at radius 2 is 2.00 bits per heavy atom. The predicted molar refractivity (Wildman–Crippen MR) is 81.4 cm³/mol. The number of hydrogen-bond donors (Lipinski definition) is 1. The van der Waals surface area contributed by atoms with Crippen molar-refractivity contribution < 1.29 is 4.39 Å². The molecular weight excluding hydrogens is 269 g/mol. The summed E-state index contributed by atoms with van der Waals surface area (Å²) < 4.78 is 14.5. The highest BCUT2D eigenvalue weighted by atomic mass is 19.1. The third-order valence-electron chi connectivity index (χ3n) is 3.36. The smallest absolute Gasteiger partial charge is 0.271 e. The minimum atomic E-state index is -0.368. The number of aromatic nitrogens is 2. The van der Waals surface area contributed by atoms with Crippen molar-refractivity contribution in [3.8, 4) is 11.3 Å². The topological polar surface area (TPSA) is 60.9 Å². The van der Waals surface area contributed by atoms with Crippen molar-refractivity contribution in [1.29, 1.82) is 0 Å². The van der Waals surface area contributed by atoms with Crippen LogP contribution in [0.3, 0.4) is 0 Å². The van der Waals surface area contributed by atoms with Gasteiger partial charge in [-0.2, -0.15) is 5.10 Å². The maximum absolute atomic E-state index is 13.0. The SMILES string of the molecule is CCCCn1nc(-c2ccc(F)cc2)cc(C(C)N)c1=O. The zero-order chi connectivity index (χ0) is 15.4. The van der Waals surface area contributed by atoms with Crippen LogP contribution in [0.25, 0.3) is 11.3 Å². The van der Waals surface area contributed by atoms with Crippen LogP contribution in [0.15, 0.2) is 35.1 Å². The first-order valence-electron chi connectivity index (χ1n) is 7.16. The highest BCUT2D eigenvalue weighted by Gasteiger charge is 2.12. The molecule has 4 nitrogen and oxygen atoms in total. The Kier molecular flexibility index (Phi) is 4.85. The molecule has 2 N–H and O–H groups in total. The van der Waals surface area contributed by atoms with Crippen LogP contribution in [-0.2, 0) is 6.54 Å². The first-order chi connectivity index (χ1) is 10.0. The Morgan fingerprint density at radius 3 is 2.57 bits per heavy atom. The lowest BCUT2D eigenvalue weighted by Gasteiger charge is -2.12. The number of nitrogens with two attached hydrogens (primary N) is 1. The Labute approximate surface area is 123 Å². The van der Waals surface area contributed by atoms with Gasteiger partial charge in [0.2, 0.25) is 0 Å². The van der Waals surface area contributed by atoms with Gasteiger partial charge in [0.05, 0.1) is 5.69 Å². The second kappa shape index (κ2) is 6.63. The average molecular weight is 289 g/mol. The monoisotopic (exact) mass is 289 g/mol. The van der Waals surface area contributed by atoms with E-state index in [1.807, 2.05) is 0 Å². The summed E-state index contributed by atoms with van der Waals surface area (Å²) in [6.45, 7) is 4.39. The number of rotatable bonds is 5. The zero-order valence-electron chi connectivity index (χ0n) is 12.3. The normalized spacial score (nSPS) is 12.4. The van der Waals surface area contributed by atoms with Crippen molar-refractivity contribution in [2.75, 3.05) is 0 Å². The lowest BCUT2D eigenvalue weighted by Crippen LogP contribution is -2.29. The van der Waals surface area contributed by atoms with Crippen molar-refractivity contribution >= 4 is 0 Å². The Morgan fingerprint density at radius 1 is 1.33 bits per heavy atom. The summed E-state index contributed by atoms with van der Waals surface area (Å²) in [6, 6.07) is 7.39. The van der Waals surface area contributed by atoms with Gasteiger partial charge in [-0.25, -0.2) is 9.07 Å². The molecule has 0 amide bonds. The van der Waals surface area contributed by atoms with Crippen LogP contribution in [0.4, 0.5) is 4.39 Å². The molecule has 1 unspecified atom stereocenters. The maximum Gasteiger partial charge on any atom is 0.271 e. The number of aryl methyl sites for hydroxylation is 1. The van der Waals surface area contributed by atoms with Gasteiger partial charge in [0.1, 0.15) is 5.82 Å². The molecule has 2 rings (SSSR count). The fraction of sp³-hybridized carbons (Fsp3) is 0.375. The number of nitrogens with zero attached hydrogens (tertiary/aromatic N) is 2. The number of unbranched alkanes of at least 4 members (excludes halogenated alkanes) is 1. The maximum atomic E-state index is 13.0. The van der Waals surface area contributed by atoms with Crippen LogP contribution in [0.1, 0.15) is 38.3 Å². The van der Waals surface area contributed by atoms with Crippen molar-refractivity contribution in [2.24, 2.45) is 5.73 Å². The summed E-state index contributed by atoms with van der Waals surface area (Å²) in [6.07, 6.45) is 1.85. The molecule has 0 radical (unpaired) electrons. The molecule has 5 heteroatoms. The van der Waals surface area contributed by atoms with Gasteiger partial charge in [-0.3, -0.25) is 4.79 Å². The molecule has 0 saturated carbocycles. The molecule has 0 fully saturated rings. The second-order valence-electron chi connectivity index (χ2n) is 5.16. The molecular formula is C16H20FN3O. The van der Waals surface area contributed by atoms with E-state index in [1.54, 1.807) is 25.1 Å². The molecule has 0 bridgehead atoms. The lowest BCUT2D eigenvalue weighted by molar-refractivity contribution is 0.536. The van der Waals surface area contributed by atoms with E-state index in [2.05, 4.69) is 12.0 Å². The predicted octanol–water partition coefficient (Wildman–Crippen LogP) is 2.87. The van der Waals surface area contributed by atoms with Gasteiger partial charge in [-0.05, 0) is 43.7 Å². The van der Waals surface area contributed by atoms with Crippen LogP contribution < -0.4 is 11.3 Å². The van der Waals surface area contributed by atoms with Crippen molar-refractivity contribution in [2.45, 2.75) is 39.3 Å². The third kappa shape index (κ3) is 3.55. The molecule has 1 heterocycles. The van der Waals surface area contributed by atoms with Gasteiger partial charge in [0.25, 0.3) is 5.56 Å². The fourth-order valence-electron chi connectivity index (χ4n) is 2.11. The minimum Gasteiger partial charge on any atom is -0.324 e. The van der Waals surface area contributed by atoms with E-state index in [0.717, 1.165) is 18.4 Å². The van der Waals surface area contributed by atoms with Gasteiger partial charge in [0, 0.05) is 23.7 Å². The average Bonchev–Trinajstić information content (AvgIpc) is 2.47. The van der Waals surface area contributed by atoms with E-state index in [4.69, 9.17) is 5.73 Å². The number of halogens is 1. The molecule has 1 aromatic carbocycles. The summed E-state index contributed by atoms with van der Waals surface area (Å²) in [5, 5.41) is 4.38. The fourth-order valence-corrected chi connectivity index (χ4v) is 2.11. The van der Waals surface area contributed by atoms with Gasteiger partial charge in [-0.1, -0.05) is 13.3 Å². The van der Waals surface area contributed by atoms with Crippen LogP contribution in [0, 0.1) is 5.82 Å². The molecule has 0 spiro atoms. The highest BCUT2D eigenvalue weighted by Crippen LogP contribution is 2.18. The summed E-state index contributed by atoms with van der Waals surface area (Å²) in [4.78, 5) is 12.3. The van der Waals surface area contributed by atoms with E-state index in [-0.39, 0.29) is 17.4 Å². The summed E-state index contributed by atoms with van der Waals surface area (Å²) in [7, 11) is 0. The van der Waals surface area contributed by atoms with E-state index in [0.29, 0.717) is 17.8 Å². The Bertz CT molecular complexity index is 662. The molecule has 112 valence electrons. The minimum absolute atomic E-state index is 0.149. The van der Waals surface area contributed by atoms with Gasteiger partial charge < -0.3 is 5.73 Å².